The number of hydrogen-bond donors (Lipinski definition) is 3. The molecule has 0 fully saturated rings. The molecule has 0 saturated heterocycles. The fourth-order valence-electron chi connectivity index (χ4n) is 2.21. The summed E-state index contributed by atoms with van der Waals surface area (Å²) in [5, 5.41) is 20.5. The first-order valence-corrected chi connectivity index (χ1v) is 7.23. The lowest BCUT2D eigenvalue weighted by Crippen LogP contribution is -2.41. The second-order valence-corrected chi connectivity index (χ2v) is 5.13. The predicted molar refractivity (Wildman–Crippen MR) is 86.5 cm³/mol. The number of allylic oxidation sites excluding steroid dienone is 2. The molecule has 0 unspecified atom stereocenters. The molecule has 1 atom stereocenters. The van der Waals surface area contributed by atoms with Crippen molar-refractivity contribution >= 4 is 18.2 Å². The minimum atomic E-state index is -1.18. The van der Waals surface area contributed by atoms with Crippen LogP contribution in [0.15, 0.2) is 58.7 Å². The van der Waals surface area contributed by atoms with Crippen molar-refractivity contribution in [2.24, 2.45) is 4.99 Å². The quantitative estimate of drug-likeness (QED) is 0.693. The number of carbonyl (C=O) groups is 2. The molecular formula is C17H18N2O4. The highest BCUT2D eigenvalue weighted by Gasteiger charge is 2.26. The highest BCUT2D eigenvalue weighted by atomic mass is 16.4. The minimum absolute atomic E-state index is 0.118. The Kier molecular flexibility index (Phi) is 5.68. The van der Waals surface area contributed by atoms with E-state index < -0.39 is 18.0 Å². The lowest BCUT2D eigenvalue weighted by Gasteiger charge is -2.21. The number of carboxylic acid groups (broad SMARTS) is 2. The van der Waals surface area contributed by atoms with Crippen molar-refractivity contribution in [1.82, 2.24) is 5.32 Å². The molecule has 1 aromatic carbocycles. The van der Waals surface area contributed by atoms with Gasteiger partial charge < -0.3 is 15.5 Å². The molecule has 1 aromatic rings. The average molecular weight is 314 g/mol. The first kappa shape index (κ1) is 16.5. The Balaban J connectivity index is 1.96. The molecule has 0 spiro atoms. The fourth-order valence-corrected chi connectivity index (χ4v) is 2.21. The summed E-state index contributed by atoms with van der Waals surface area (Å²) in [5.41, 5.74) is 1.70. The van der Waals surface area contributed by atoms with Crippen LogP contribution in [0.5, 0.6) is 0 Å². The summed E-state index contributed by atoms with van der Waals surface area (Å²) in [6.07, 6.45) is 5.72. The van der Waals surface area contributed by atoms with E-state index in [4.69, 9.17) is 10.2 Å². The van der Waals surface area contributed by atoms with Crippen LogP contribution >= 0.6 is 0 Å². The van der Waals surface area contributed by atoms with Crippen molar-refractivity contribution in [2.75, 3.05) is 6.54 Å². The predicted octanol–water partition coefficient (Wildman–Crippen LogP) is 1.64. The molecule has 23 heavy (non-hydrogen) atoms. The van der Waals surface area contributed by atoms with Crippen LogP contribution < -0.4 is 5.32 Å². The van der Waals surface area contributed by atoms with Crippen molar-refractivity contribution in [3.63, 3.8) is 0 Å². The highest BCUT2D eigenvalue weighted by Crippen LogP contribution is 2.16. The zero-order chi connectivity index (χ0) is 16.7. The summed E-state index contributed by atoms with van der Waals surface area (Å²) in [7, 11) is 0. The molecule has 120 valence electrons. The first-order chi connectivity index (χ1) is 11.1. The highest BCUT2D eigenvalue weighted by molar-refractivity contribution is 5.89. The third-order valence-corrected chi connectivity index (χ3v) is 3.39. The van der Waals surface area contributed by atoms with Gasteiger partial charge in [-0.1, -0.05) is 30.3 Å². The SMILES string of the molecule is O=C(O)C1=C/C(=C\C=NCCc2ccccc2)C[C@@H](C(=O)O)N1. The molecule has 1 heterocycles. The molecule has 0 saturated carbocycles. The number of rotatable bonds is 6. The van der Waals surface area contributed by atoms with Gasteiger partial charge in [-0.2, -0.15) is 0 Å². The molecule has 1 aliphatic heterocycles. The Labute approximate surface area is 133 Å². The summed E-state index contributed by atoms with van der Waals surface area (Å²) in [4.78, 5) is 26.3. The molecule has 6 heteroatoms. The second kappa shape index (κ2) is 7.93. The summed E-state index contributed by atoms with van der Waals surface area (Å²) >= 11 is 0. The molecule has 0 amide bonds. The van der Waals surface area contributed by atoms with Gasteiger partial charge in [0.05, 0.1) is 0 Å². The molecule has 0 aliphatic carbocycles. The molecule has 0 radical (unpaired) electrons. The smallest absolute Gasteiger partial charge is 0.351 e. The topological polar surface area (TPSA) is 99.0 Å². The van der Waals surface area contributed by atoms with Crippen LogP contribution in [0.25, 0.3) is 0 Å². The molecule has 2 rings (SSSR count). The van der Waals surface area contributed by atoms with Crippen molar-refractivity contribution < 1.29 is 19.8 Å². The van der Waals surface area contributed by atoms with E-state index in [2.05, 4.69) is 10.3 Å². The molecule has 3 N–H and O–H groups in total. The van der Waals surface area contributed by atoms with E-state index in [1.807, 2.05) is 30.3 Å². The molecular weight excluding hydrogens is 296 g/mol. The average Bonchev–Trinajstić information content (AvgIpc) is 2.55. The van der Waals surface area contributed by atoms with Crippen LogP contribution in [-0.4, -0.2) is 41.0 Å². The molecule has 0 aromatic heterocycles. The van der Waals surface area contributed by atoms with E-state index in [-0.39, 0.29) is 12.1 Å². The zero-order valence-corrected chi connectivity index (χ0v) is 12.5. The largest absolute Gasteiger partial charge is 0.480 e. The second-order valence-electron chi connectivity index (χ2n) is 5.13. The van der Waals surface area contributed by atoms with Crippen molar-refractivity contribution in [3.8, 4) is 0 Å². The maximum atomic E-state index is 11.1. The van der Waals surface area contributed by atoms with E-state index in [9.17, 15) is 9.59 Å². The third-order valence-electron chi connectivity index (χ3n) is 3.39. The number of hydrogen-bond acceptors (Lipinski definition) is 4. The third kappa shape index (κ3) is 5.10. The summed E-state index contributed by atoms with van der Waals surface area (Å²) in [6.45, 7) is 0.615. The number of nitrogens with zero attached hydrogens (tertiary/aromatic N) is 1. The normalized spacial score (nSPS) is 19.4. The van der Waals surface area contributed by atoms with Gasteiger partial charge in [-0.05, 0) is 29.7 Å². The zero-order valence-electron chi connectivity index (χ0n) is 12.5. The monoisotopic (exact) mass is 314 g/mol. The van der Waals surface area contributed by atoms with Gasteiger partial charge in [-0.15, -0.1) is 0 Å². The van der Waals surface area contributed by atoms with Crippen LogP contribution in [0.3, 0.4) is 0 Å². The van der Waals surface area contributed by atoms with Crippen LogP contribution in [0.1, 0.15) is 12.0 Å². The van der Waals surface area contributed by atoms with Gasteiger partial charge in [0.2, 0.25) is 0 Å². The lowest BCUT2D eigenvalue weighted by atomic mass is 10.00. The van der Waals surface area contributed by atoms with Gasteiger partial charge in [-0.3, -0.25) is 4.99 Å². The van der Waals surface area contributed by atoms with E-state index in [0.717, 1.165) is 6.42 Å². The summed E-state index contributed by atoms with van der Waals surface area (Å²) < 4.78 is 0. The molecule has 1 aliphatic rings. The van der Waals surface area contributed by atoms with Crippen molar-refractivity contribution in [3.05, 3.63) is 59.3 Å². The van der Waals surface area contributed by atoms with Crippen molar-refractivity contribution in [2.45, 2.75) is 18.9 Å². The van der Waals surface area contributed by atoms with Gasteiger partial charge in [0.1, 0.15) is 11.7 Å². The number of aliphatic carboxylic acids is 2. The fraction of sp³-hybridized carbons (Fsp3) is 0.235. The van der Waals surface area contributed by atoms with Gasteiger partial charge in [0.15, 0.2) is 0 Å². The summed E-state index contributed by atoms with van der Waals surface area (Å²) in [5.74, 6) is -2.26. The number of aliphatic imine (C=N–C) groups is 1. The van der Waals surface area contributed by atoms with Crippen LogP contribution in [0.4, 0.5) is 0 Å². The van der Waals surface area contributed by atoms with Crippen LogP contribution in [0, 0.1) is 0 Å². The molecule has 0 bridgehead atoms. The van der Waals surface area contributed by atoms with Gasteiger partial charge in [-0.25, -0.2) is 9.59 Å². The Morgan fingerprint density at radius 3 is 2.65 bits per heavy atom. The van der Waals surface area contributed by atoms with Gasteiger partial charge >= 0.3 is 11.9 Å². The van der Waals surface area contributed by atoms with Gasteiger partial charge in [0, 0.05) is 19.2 Å². The lowest BCUT2D eigenvalue weighted by molar-refractivity contribution is -0.139. The number of carboxylic acids is 2. The van der Waals surface area contributed by atoms with Crippen LogP contribution in [0.2, 0.25) is 0 Å². The Bertz CT molecular complexity index is 662. The van der Waals surface area contributed by atoms with E-state index in [1.54, 1.807) is 12.3 Å². The van der Waals surface area contributed by atoms with Crippen LogP contribution in [-0.2, 0) is 16.0 Å². The minimum Gasteiger partial charge on any atom is -0.480 e. The Morgan fingerprint density at radius 1 is 1.26 bits per heavy atom. The standard InChI is InChI=1S/C17H18N2O4/c20-16(21)14-10-13(11-15(19-14)17(22)23)7-9-18-8-6-12-4-2-1-3-5-12/h1-5,7,9-10,15,19H,6,8,11H2,(H,20,21)(H,22,23)/b13-7+,18-9?/t15-/m0/s1. The van der Waals surface area contributed by atoms with E-state index in [0.29, 0.717) is 12.1 Å². The van der Waals surface area contributed by atoms with E-state index >= 15 is 0 Å². The van der Waals surface area contributed by atoms with Crippen molar-refractivity contribution in [1.29, 1.82) is 0 Å². The van der Waals surface area contributed by atoms with E-state index in [1.165, 1.54) is 11.6 Å². The van der Waals surface area contributed by atoms with Gasteiger partial charge in [0.25, 0.3) is 0 Å². The maximum absolute atomic E-state index is 11.1. The number of nitrogens with one attached hydrogen (secondary N) is 1. The Morgan fingerprint density at radius 2 is 2.00 bits per heavy atom. The summed E-state index contributed by atoms with van der Waals surface area (Å²) in [6, 6.07) is 9.02. The Hall–Kier alpha value is -2.89. The number of benzene rings is 1. The molecule has 6 nitrogen and oxygen atoms in total. The first-order valence-electron chi connectivity index (χ1n) is 7.23. The maximum Gasteiger partial charge on any atom is 0.351 e.